The van der Waals surface area contributed by atoms with Gasteiger partial charge in [0.2, 0.25) is 0 Å². The summed E-state index contributed by atoms with van der Waals surface area (Å²) in [6.45, 7) is 2.72. The first-order valence-corrected chi connectivity index (χ1v) is 9.82. The van der Waals surface area contributed by atoms with E-state index in [0.29, 0.717) is 40.2 Å². The lowest BCUT2D eigenvalue weighted by atomic mass is 10.3. The van der Waals surface area contributed by atoms with Gasteiger partial charge in [0.1, 0.15) is 9.88 Å². The van der Waals surface area contributed by atoms with E-state index in [1.165, 1.54) is 19.2 Å². The Labute approximate surface area is 149 Å². The van der Waals surface area contributed by atoms with Crippen molar-refractivity contribution >= 4 is 32.3 Å². The van der Waals surface area contributed by atoms with Crippen LogP contribution in [0.1, 0.15) is 21.7 Å². The molecule has 9 heteroatoms. The topological polar surface area (TPSA) is 90.9 Å². The highest BCUT2D eigenvalue weighted by Gasteiger charge is 2.21. The smallest absolute Gasteiger partial charge is 0.348 e. The molecule has 0 bridgehead atoms. The molecular weight excluding hydrogens is 366 g/mol. The molecule has 1 aromatic carbocycles. The molecule has 1 aliphatic heterocycles. The van der Waals surface area contributed by atoms with Gasteiger partial charge >= 0.3 is 5.97 Å². The van der Waals surface area contributed by atoms with Crippen LogP contribution >= 0.6 is 11.3 Å². The zero-order valence-electron chi connectivity index (χ0n) is 13.7. The fraction of sp³-hybridized carbons (Fsp3) is 0.312. The summed E-state index contributed by atoms with van der Waals surface area (Å²) >= 11 is 1.03. The van der Waals surface area contributed by atoms with Crippen molar-refractivity contribution in [1.29, 1.82) is 0 Å². The predicted octanol–water partition coefficient (Wildman–Crippen LogP) is 2.81. The van der Waals surface area contributed by atoms with E-state index in [9.17, 15) is 13.2 Å². The van der Waals surface area contributed by atoms with Crippen molar-refractivity contribution in [2.24, 2.45) is 0 Å². The number of sulfonamides is 1. The second-order valence-corrected chi connectivity index (χ2v) is 8.11. The molecule has 0 atom stereocenters. The summed E-state index contributed by atoms with van der Waals surface area (Å²) in [6, 6.07) is 6.06. The Bertz CT molecular complexity index is 903. The van der Waals surface area contributed by atoms with Crippen molar-refractivity contribution in [2.75, 3.05) is 25.0 Å². The average Bonchev–Trinajstić information content (AvgIpc) is 2.80. The van der Waals surface area contributed by atoms with Crippen LogP contribution in [0.5, 0.6) is 11.5 Å². The largest absolute Gasteiger partial charge is 0.490 e. The highest BCUT2D eigenvalue weighted by atomic mass is 32.2. The van der Waals surface area contributed by atoms with Crippen molar-refractivity contribution < 1.29 is 27.4 Å². The van der Waals surface area contributed by atoms with Gasteiger partial charge in [0, 0.05) is 12.5 Å². The van der Waals surface area contributed by atoms with Crippen LogP contribution < -0.4 is 14.2 Å². The molecule has 134 valence electrons. The average molecular weight is 383 g/mol. The number of methoxy groups -OCH3 is 1. The molecule has 0 fully saturated rings. The van der Waals surface area contributed by atoms with E-state index in [1.807, 2.05) is 0 Å². The van der Waals surface area contributed by atoms with Gasteiger partial charge < -0.3 is 14.2 Å². The lowest BCUT2D eigenvalue weighted by Gasteiger charge is -2.10. The summed E-state index contributed by atoms with van der Waals surface area (Å²) in [5.41, 5.74) is 0.646. The van der Waals surface area contributed by atoms with Gasteiger partial charge in [-0.2, -0.15) is 0 Å². The Kier molecular flexibility index (Phi) is 4.87. The van der Waals surface area contributed by atoms with E-state index < -0.39 is 16.0 Å². The Hall–Kier alpha value is -2.26. The number of nitrogens with one attached hydrogen (secondary N) is 1. The van der Waals surface area contributed by atoms with Gasteiger partial charge in [0.05, 0.1) is 25.2 Å². The minimum atomic E-state index is -3.82. The van der Waals surface area contributed by atoms with E-state index in [0.717, 1.165) is 17.8 Å². The summed E-state index contributed by atoms with van der Waals surface area (Å²) in [6.07, 6.45) is 0.736. The fourth-order valence-electron chi connectivity index (χ4n) is 2.33. The van der Waals surface area contributed by atoms with Gasteiger partial charge in [0.25, 0.3) is 10.0 Å². The molecule has 1 aromatic heterocycles. The van der Waals surface area contributed by atoms with Crippen molar-refractivity contribution in [2.45, 2.75) is 18.2 Å². The standard InChI is InChI=1S/C16H17NO6S2/c1-10-8-14(24-15(10)16(18)21-2)17-25(19,20)11-4-5-12-13(9-11)23-7-3-6-22-12/h4-5,8-9,17H,3,6-7H2,1-2H3. The van der Waals surface area contributed by atoms with Crippen LogP contribution in [-0.4, -0.2) is 34.7 Å². The van der Waals surface area contributed by atoms with E-state index in [4.69, 9.17) is 9.47 Å². The molecule has 0 radical (unpaired) electrons. The quantitative estimate of drug-likeness (QED) is 0.817. The van der Waals surface area contributed by atoms with E-state index in [-0.39, 0.29) is 4.90 Å². The molecule has 1 N–H and O–H groups in total. The number of rotatable bonds is 4. The number of aryl methyl sites for hydroxylation is 1. The summed E-state index contributed by atoms with van der Waals surface area (Å²) in [7, 11) is -2.54. The van der Waals surface area contributed by atoms with Gasteiger partial charge in [-0.25, -0.2) is 13.2 Å². The Morgan fingerprint density at radius 1 is 1.20 bits per heavy atom. The van der Waals surface area contributed by atoms with Crippen molar-refractivity contribution in [3.05, 3.63) is 34.7 Å². The maximum atomic E-state index is 12.6. The Morgan fingerprint density at radius 3 is 2.64 bits per heavy atom. The SMILES string of the molecule is COC(=O)c1sc(NS(=O)(=O)c2ccc3c(c2)OCCCO3)cc1C. The number of thiophene rings is 1. The van der Waals surface area contributed by atoms with E-state index in [2.05, 4.69) is 9.46 Å². The van der Waals surface area contributed by atoms with Gasteiger partial charge in [-0.15, -0.1) is 11.3 Å². The fourth-order valence-corrected chi connectivity index (χ4v) is 4.62. The minimum Gasteiger partial charge on any atom is -0.490 e. The summed E-state index contributed by atoms with van der Waals surface area (Å²) in [4.78, 5) is 12.1. The van der Waals surface area contributed by atoms with Crippen molar-refractivity contribution in [1.82, 2.24) is 0 Å². The highest BCUT2D eigenvalue weighted by Crippen LogP contribution is 2.34. The van der Waals surface area contributed by atoms with Crippen LogP contribution in [0.15, 0.2) is 29.2 Å². The number of carbonyl (C=O) groups is 1. The third-order valence-electron chi connectivity index (χ3n) is 3.55. The maximum absolute atomic E-state index is 12.6. The van der Waals surface area contributed by atoms with Gasteiger partial charge in [0.15, 0.2) is 11.5 Å². The highest BCUT2D eigenvalue weighted by molar-refractivity contribution is 7.93. The third-order valence-corrected chi connectivity index (χ3v) is 6.18. The Balaban J connectivity index is 1.87. The van der Waals surface area contributed by atoms with Crippen LogP contribution in [0.4, 0.5) is 5.00 Å². The van der Waals surface area contributed by atoms with Crippen molar-refractivity contribution in [3.8, 4) is 11.5 Å². The van der Waals surface area contributed by atoms with Crippen LogP contribution in [0.2, 0.25) is 0 Å². The molecule has 0 aliphatic carbocycles. The van der Waals surface area contributed by atoms with Crippen LogP contribution in [0.25, 0.3) is 0 Å². The first kappa shape index (κ1) is 17.6. The lowest BCUT2D eigenvalue weighted by Crippen LogP contribution is -2.12. The van der Waals surface area contributed by atoms with Gasteiger partial charge in [-0.3, -0.25) is 4.72 Å². The number of ether oxygens (including phenoxy) is 3. The first-order valence-electron chi connectivity index (χ1n) is 7.52. The monoisotopic (exact) mass is 383 g/mol. The Morgan fingerprint density at radius 2 is 1.92 bits per heavy atom. The van der Waals surface area contributed by atoms with Crippen LogP contribution in [-0.2, 0) is 14.8 Å². The van der Waals surface area contributed by atoms with Gasteiger partial charge in [-0.05, 0) is 30.7 Å². The van der Waals surface area contributed by atoms with Crippen molar-refractivity contribution in [3.63, 3.8) is 0 Å². The van der Waals surface area contributed by atoms with E-state index >= 15 is 0 Å². The zero-order chi connectivity index (χ0) is 18.0. The molecule has 0 spiro atoms. The molecule has 1 aliphatic rings. The molecule has 2 heterocycles. The molecule has 25 heavy (non-hydrogen) atoms. The van der Waals surface area contributed by atoms with Crippen LogP contribution in [0, 0.1) is 6.92 Å². The molecule has 0 saturated heterocycles. The van der Waals surface area contributed by atoms with E-state index in [1.54, 1.807) is 19.1 Å². The lowest BCUT2D eigenvalue weighted by molar-refractivity contribution is 0.0605. The molecule has 3 rings (SSSR count). The number of esters is 1. The zero-order valence-corrected chi connectivity index (χ0v) is 15.3. The summed E-state index contributed by atoms with van der Waals surface area (Å²) in [5, 5.41) is 0.338. The number of hydrogen-bond acceptors (Lipinski definition) is 7. The maximum Gasteiger partial charge on any atom is 0.348 e. The first-order chi connectivity index (χ1) is 11.9. The molecule has 0 saturated carbocycles. The number of fused-ring (bicyclic) bond motifs is 1. The number of carbonyl (C=O) groups excluding carboxylic acids is 1. The molecule has 7 nitrogen and oxygen atoms in total. The number of benzene rings is 1. The second-order valence-electron chi connectivity index (χ2n) is 5.38. The number of hydrogen-bond donors (Lipinski definition) is 1. The number of anilines is 1. The van der Waals surface area contributed by atoms with Crippen LogP contribution in [0.3, 0.4) is 0 Å². The molecule has 2 aromatic rings. The third kappa shape index (κ3) is 3.72. The molecular formula is C16H17NO6S2. The predicted molar refractivity (Wildman–Crippen MR) is 93.3 cm³/mol. The normalized spacial score (nSPS) is 13.8. The van der Waals surface area contributed by atoms with Gasteiger partial charge in [-0.1, -0.05) is 0 Å². The molecule has 0 amide bonds. The molecule has 0 unspecified atom stereocenters. The second kappa shape index (κ2) is 6.93. The minimum absolute atomic E-state index is 0.0578. The summed E-state index contributed by atoms with van der Waals surface area (Å²) in [5.74, 6) is 0.429. The summed E-state index contributed by atoms with van der Waals surface area (Å²) < 4.78 is 43.4.